The molecule has 1 unspecified atom stereocenters. The van der Waals surface area contributed by atoms with Gasteiger partial charge in [-0.2, -0.15) is 0 Å². The van der Waals surface area contributed by atoms with E-state index >= 15 is 0 Å². The van der Waals surface area contributed by atoms with E-state index in [1.165, 1.54) is 21.6 Å². The van der Waals surface area contributed by atoms with Crippen LogP contribution in [0.15, 0.2) is 83.8 Å². The van der Waals surface area contributed by atoms with Gasteiger partial charge in [-0.1, -0.05) is 68.4 Å². The third kappa shape index (κ3) is 6.34. The maximum atomic E-state index is 5.60. The average Bonchev–Trinajstić information content (AvgIpc) is 2.73. The number of thioether (sulfide) groups is 1. The highest BCUT2D eigenvalue weighted by atomic mass is 32.2. The van der Waals surface area contributed by atoms with Gasteiger partial charge in [-0.15, -0.1) is 11.8 Å². The molecule has 0 saturated carbocycles. The second-order valence-electron chi connectivity index (χ2n) is 7.48. The molecule has 29 heavy (non-hydrogen) atoms. The van der Waals surface area contributed by atoms with Crippen molar-refractivity contribution < 1.29 is 0 Å². The van der Waals surface area contributed by atoms with Crippen molar-refractivity contribution in [1.82, 2.24) is 5.32 Å². The maximum absolute atomic E-state index is 5.60. The highest BCUT2D eigenvalue weighted by molar-refractivity contribution is 7.98. The zero-order chi connectivity index (χ0) is 20.6. The molecule has 2 nitrogen and oxygen atoms in total. The van der Waals surface area contributed by atoms with Crippen molar-refractivity contribution >= 4 is 34.8 Å². The van der Waals surface area contributed by atoms with Gasteiger partial charge in [0.15, 0.2) is 5.11 Å². The fraction of sp³-hybridized carbons (Fsp3) is 0.240. The van der Waals surface area contributed by atoms with Crippen LogP contribution in [0.1, 0.15) is 36.6 Å². The van der Waals surface area contributed by atoms with E-state index in [9.17, 15) is 0 Å². The van der Waals surface area contributed by atoms with E-state index in [1.807, 2.05) is 17.8 Å². The lowest BCUT2D eigenvalue weighted by Crippen LogP contribution is -2.35. The van der Waals surface area contributed by atoms with Crippen LogP contribution >= 0.6 is 24.0 Å². The first-order chi connectivity index (χ1) is 14.0. The van der Waals surface area contributed by atoms with Gasteiger partial charge >= 0.3 is 0 Å². The molecule has 0 heterocycles. The van der Waals surface area contributed by atoms with Gasteiger partial charge in [0.05, 0.1) is 6.04 Å². The molecular weight excluding hydrogens is 392 g/mol. The fourth-order valence-electron chi connectivity index (χ4n) is 3.22. The minimum Gasteiger partial charge on any atom is -0.355 e. The number of hydrogen-bond acceptors (Lipinski definition) is 2. The summed E-state index contributed by atoms with van der Waals surface area (Å²) in [5.41, 5.74) is 4.87. The molecular formula is C25H28N2S2. The quantitative estimate of drug-likeness (QED) is 0.318. The second-order valence-corrected chi connectivity index (χ2v) is 8.93. The Hall–Kier alpha value is -2.30. The number of aryl methyl sites for hydroxylation is 1. The lowest BCUT2D eigenvalue weighted by Gasteiger charge is -2.26. The van der Waals surface area contributed by atoms with Gasteiger partial charge in [0, 0.05) is 16.3 Å². The Labute approximate surface area is 184 Å². The van der Waals surface area contributed by atoms with Crippen LogP contribution in [0.5, 0.6) is 0 Å². The summed E-state index contributed by atoms with van der Waals surface area (Å²) in [6, 6.07) is 27.6. The number of hydrogen-bond donors (Lipinski definition) is 2. The van der Waals surface area contributed by atoms with E-state index in [0.29, 0.717) is 11.0 Å². The molecule has 150 valence electrons. The normalized spacial score (nSPS) is 11.9. The average molecular weight is 421 g/mol. The highest BCUT2D eigenvalue weighted by Crippen LogP contribution is 2.25. The first kappa shape index (κ1) is 21.4. The Morgan fingerprint density at radius 1 is 0.897 bits per heavy atom. The summed E-state index contributed by atoms with van der Waals surface area (Å²) in [7, 11) is 0. The molecule has 0 fully saturated rings. The van der Waals surface area contributed by atoms with Gasteiger partial charge in [-0.25, -0.2) is 0 Å². The largest absolute Gasteiger partial charge is 0.355 e. The van der Waals surface area contributed by atoms with Crippen LogP contribution in [0.3, 0.4) is 0 Å². The standard InChI is InChI=1S/C25H28N2S2/c1-18(2)24(23-12-8-7-9-19(23)3)27-25(28)26-21-15-13-20(14-16-21)17-29-22-10-5-4-6-11-22/h4-16,18,24H,17H2,1-3H3,(H2,26,27,28). The van der Waals surface area contributed by atoms with Crippen molar-refractivity contribution in [2.24, 2.45) is 5.92 Å². The third-order valence-corrected chi connectivity index (χ3v) is 6.14. The van der Waals surface area contributed by atoms with Gasteiger partial charge in [-0.05, 0) is 66.0 Å². The lowest BCUT2D eigenvalue weighted by atomic mass is 9.93. The van der Waals surface area contributed by atoms with Gasteiger partial charge in [0.2, 0.25) is 0 Å². The van der Waals surface area contributed by atoms with Gasteiger partial charge in [-0.3, -0.25) is 0 Å². The predicted molar refractivity (Wildman–Crippen MR) is 131 cm³/mol. The number of anilines is 1. The molecule has 0 saturated heterocycles. The molecule has 0 aliphatic carbocycles. The Morgan fingerprint density at radius 2 is 1.55 bits per heavy atom. The smallest absolute Gasteiger partial charge is 0.171 e. The van der Waals surface area contributed by atoms with Crippen molar-refractivity contribution in [3.63, 3.8) is 0 Å². The molecule has 0 amide bonds. The molecule has 0 radical (unpaired) electrons. The molecule has 0 spiro atoms. The van der Waals surface area contributed by atoms with E-state index in [1.54, 1.807) is 0 Å². The van der Waals surface area contributed by atoms with E-state index in [4.69, 9.17) is 12.2 Å². The van der Waals surface area contributed by atoms with Gasteiger partial charge in [0.1, 0.15) is 0 Å². The van der Waals surface area contributed by atoms with Crippen LogP contribution in [-0.4, -0.2) is 5.11 Å². The molecule has 4 heteroatoms. The number of nitrogens with one attached hydrogen (secondary N) is 2. The molecule has 0 bridgehead atoms. The zero-order valence-corrected chi connectivity index (χ0v) is 18.8. The minimum atomic E-state index is 0.178. The molecule has 0 aromatic heterocycles. The number of rotatable bonds is 7. The summed E-state index contributed by atoms with van der Waals surface area (Å²) in [6.07, 6.45) is 0. The Balaban J connectivity index is 1.57. The van der Waals surface area contributed by atoms with E-state index in [2.05, 4.69) is 104 Å². The summed E-state index contributed by atoms with van der Waals surface area (Å²) in [5.74, 6) is 1.38. The first-order valence-electron chi connectivity index (χ1n) is 9.93. The topological polar surface area (TPSA) is 24.1 Å². The van der Waals surface area contributed by atoms with Crippen LogP contribution in [0.25, 0.3) is 0 Å². The third-order valence-electron chi connectivity index (χ3n) is 4.84. The highest BCUT2D eigenvalue weighted by Gasteiger charge is 2.18. The van der Waals surface area contributed by atoms with Gasteiger partial charge < -0.3 is 10.6 Å². The molecule has 2 N–H and O–H groups in total. The van der Waals surface area contributed by atoms with Gasteiger partial charge in [0.25, 0.3) is 0 Å². The lowest BCUT2D eigenvalue weighted by molar-refractivity contribution is 0.471. The Bertz CT molecular complexity index is 921. The zero-order valence-electron chi connectivity index (χ0n) is 17.2. The summed E-state index contributed by atoms with van der Waals surface area (Å²) in [4.78, 5) is 1.29. The molecule has 0 aliphatic heterocycles. The summed E-state index contributed by atoms with van der Waals surface area (Å²) >= 11 is 7.44. The SMILES string of the molecule is Cc1ccccc1C(NC(=S)Nc1ccc(CSc2ccccc2)cc1)C(C)C. The van der Waals surface area contributed by atoms with Crippen LogP contribution in [0, 0.1) is 12.8 Å². The fourth-order valence-corrected chi connectivity index (χ4v) is 4.34. The second kappa shape index (κ2) is 10.5. The molecule has 3 rings (SSSR count). The predicted octanol–water partition coefficient (Wildman–Crippen LogP) is 6.97. The van der Waals surface area contributed by atoms with Crippen LogP contribution in [0.2, 0.25) is 0 Å². The molecule has 3 aromatic carbocycles. The van der Waals surface area contributed by atoms with Crippen molar-refractivity contribution in [2.75, 3.05) is 5.32 Å². The van der Waals surface area contributed by atoms with Crippen LogP contribution < -0.4 is 10.6 Å². The summed E-state index contributed by atoms with van der Waals surface area (Å²) < 4.78 is 0. The van der Waals surface area contributed by atoms with Crippen molar-refractivity contribution in [3.8, 4) is 0 Å². The number of benzene rings is 3. The summed E-state index contributed by atoms with van der Waals surface area (Å²) in [6.45, 7) is 6.58. The molecule has 3 aromatic rings. The van der Waals surface area contributed by atoms with Crippen LogP contribution in [0.4, 0.5) is 5.69 Å². The van der Waals surface area contributed by atoms with Crippen molar-refractivity contribution in [3.05, 3.63) is 95.6 Å². The monoisotopic (exact) mass is 420 g/mol. The molecule has 0 aliphatic rings. The molecule has 1 atom stereocenters. The van der Waals surface area contributed by atoms with Crippen molar-refractivity contribution in [1.29, 1.82) is 0 Å². The Morgan fingerprint density at radius 3 is 2.21 bits per heavy atom. The van der Waals surface area contributed by atoms with E-state index < -0.39 is 0 Å². The maximum Gasteiger partial charge on any atom is 0.171 e. The summed E-state index contributed by atoms with van der Waals surface area (Å²) in [5, 5.41) is 7.48. The van der Waals surface area contributed by atoms with E-state index in [0.717, 1.165) is 11.4 Å². The van der Waals surface area contributed by atoms with E-state index in [-0.39, 0.29) is 6.04 Å². The van der Waals surface area contributed by atoms with Crippen LogP contribution in [-0.2, 0) is 5.75 Å². The minimum absolute atomic E-state index is 0.178. The Kier molecular flexibility index (Phi) is 7.73. The number of thiocarbonyl (C=S) groups is 1. The first-order valence-corrected chi connectivity index (χ1v) is 11.3. The van der Waals surface area contributed by atoms with Crippen molar-refractivity contribution in [2.45, 2.75) is 37.5 Å².